The number of nitrogens with one attached hydrogen (secondary N) is 3. The quantitative estimate of drug-likeness (QED) is 0.141. The molecule has 0 atom stereocenters. The first kappa shape index (κ1) is 41.5. The number of aryl methyl sites for hydroxylation is 6. The molecular weight excluding hydrogens is 841 g/mol. The summed E-state index contributed by atoms with van der Waals surface area (Å²) in [7, 11) is 0. The summed E-state index contributed by atoms with van der Waals surface area (Å²) in [5.41, 5.74) is 15.3. The van der Waals surface area contributed by atoms with Gasteiger partial charge >= 0.3 is 0 Å². The number of fused-ring (bicyclic) bond motifs is 2. The molecule has 2 amide bonds. The van der Waals surface area contributed by atoms with E-state index in [1.165, 1.54) is 0 Å². The third-order valence-electron chi connectivity index (χ3n) is 11.7. The summed E-state index contributed by atoms with van der Waals surface area (Å²) in [6, 6.07) is 44.3. The molecule has 0 saturated carbocycles. The number of aliphatic imine (C=N–C) groups is 1. The van der Waals surface area contributed by atoms with Gasteiger partial charge in [0.25, 0.3) is 11.8 Å². The summed E-state index contributed by atoms with van der Waals surface area (Å²) in [5.74, 6) is 0.404. The summed E-state index contributed by atoms with van der Waals surface area (Å²) in [6.07, 6.45) is 2.03. The number of anilines is 1. The minimum atomic E-state index is -0.265. The second-order valence-corrected chi connectivity index (χ2v) is 18.7. The molecule has 1 aliphatic heterocycles. The maximum Gasteiger partial charge on any atom is 0.257 e. The number of H-pyrrole nitrogens is 1. The number of amidine groups is 1. The Balaban J connectivity index is 1.25. The molecule has 3 aromatic heterocycles. The van der Waals surface area contributed by atoms with Crippen molar-refractivity contribution in [3.05, 3.63) is 200 Å². The Morgan fingerprint density at radius 1 is 0.554 bits per heavy atom. The van der Waals surface area contributed by atoms with Crippen molar-refractivity contribution in [2.24, 2.45) is 4.99 Å². The zero-order valence-corrected chi connectivity index (χ0v) is 38.4. The van der Waals surface area contributed by atoms with Crippen LogP contribution in [0.25, 0.3) is 59.4 Å². The van der Waals surface area contributed by atoms with Crippen molar-refractivity contribution in [3.63, 3.8) is 0 Å². The van der Waals surface area contributed by atoms with Gasteiger partial charge in [0, 0.05) is 22.3 Å². The van der Waals surface area contributed by atoms with E-state index in [1.54, 1.807) is 22.7 Å². The summed E-state index contributed by atoms with van der Waals surface area (Å²) >= 11 is 3.13. The molecule has 0 unspecified atom stereocenters. The molecule has 4 heterocycles. The number of thiazole rings is 2. The van der Waals surface area contributed by atoms with E-state index in [1.807, 2.05) is 125 Å². The van der Waals surface area contributed by atoms with Gasteiger partial charge < -0.3 is 15.6 Å². The lowest BCUT2D eigenvalue weighted by molar-refractivity contribution is 0.0975. The molecule has 0 fully saturated rings. The highest BCUT2D eigenvalue weighted by molar-refractivity contribution is 7.21. The number of nitrogens with zero attached hydrogens (tertiary/aromatic N) is 3. The summed E-state index contributed by atoms with van der Waals surface area (Å²) in [5, 5.41) is 8.02. The topological polar surface area (TPSA) is 112 Å². The van der Waals surface area contributed by atoms with Crippen LogP contribution in [0.15, 0.2) is 144 Å². The van der Waals surface area contributed by atoms with E-state index in [4.69, 9.17) is 15.0 Å². The van der Waals surface area contributed by atoms with Crippen molar-refractivity contribution < 1.29 is 9.59 Å². The number of para-hydroxylation sites is 2. The maximum atomic E-state index is 14.4. The van der Waals surface area contributed by atoms with Crippen molar-refractivity contribution in [1.29, 1.82) is 0 Å². The molecule has 0 aliphatic carbocycles. The SMILES string of the molecule is Cc1ccc(C(=O)NC2=NC(=Cc3[nH]c(NC(=O)c4ccc(C)cc4C)c(-c4nc5ccccc5s4)c3-c3ccc(C)cc3C)C(c3ccccc3)=C2c2nc3ccccc3s2)c(C)c1. The molecule has 1 aliphatic rings. The van der Waals surface area contributed by atoms with E-state index >= 15 is 0 Å². The fourth-order valence-corrected chi connectivity index (χ4v) is 10.7. The van der Waals surface area contributed by atoms with Crippen LogP contribution < -0.4 is 10.6 Å². The minimum absolute atomic E-state index is 0.240. The number of aromatic amines is 1. The predicted octanol–water partition coefficient (Wildman–Crippen LogP) is 13.5. The highest BCUT2D eigenvalue weighted by Gasteiger charge is 2.32. The number of aromatic nitrogens is 3. The molecule has 0 bridgehead atoms. The van der Waals surface area contributed by atoms with E-state index < -0.39 is 0 Å². The summed E-state index contributed by atoms with van der Waals surface area (Å²) in [4.78, 5) is 48.1. The van der Waals surface area contributed by atoms with Gasteiger partial charge in [-0.25, -0.2) is 15.0 Å². The molecule has 0 saturated heterocycles. The molecule has 8 nitrogen and oxygen atoms in total. The largest absolute Gasteiger partial charge is 0.341 e. The Hall–Kier alpha value is -7.53. The molecular formula is C55H44N6O2S2. The van der Waals surface area contributed by atoms with Crippen LogP contribution in [0.3, 0.4) is 0 Å². The van der Waals surface area contributed by atoms with Gasteiger partial charge in [0.15, 0.2) is 0 Å². The number of rotatable bonds is 8. The van der Waals surface area contributed by atoms with Crippen LogP contribution in [-0.2, 0) is 0 Å². The fourth-order valence-electron chi connectivity index (χ4n) is 8.68. The lowest BCUT2D eigenvalue weighted by Gasteiger charge is -2.12. The van der Waals surface area contributed by atoms with E-state index in [0.717, 1.165) is 97.2 Å². The third-order valence-corrected chi connectivity index (χ3v) is 13.8. The van der Waals surface area contributed by atoms with Crippen LogP contribution in [0.1, 0.15) is 70.4 Å². The van der Waals surface area contributed by atoms with Gasteiger partial charge in [-0.3, -0.25) is 9.59 Å². The Kier molecular flexibility index (Phi) is 10.8. The first-order valence-electron chi connectivity index (χ1n) is 21.4. The lowest BCUT2D eigenvalue weighted by atomic mass is 9.93. The zero-order chi connectivity index (χ0) is 44.9. The predicted molar refractivity (Wildman–Crippen MR) is 270 cm³/mol. The Morgan fingerprint density at radius 3 is 1.69 bits per heavy atom. The molecule has 10 rings (SSSR count). The van der Waals surface area contributed by atoms with Crippen LogP contribution in [-0.4, -0.2) is 32.6 Å². The average Bonchev–Trinajstić information content (AvgIpc) is 4.07. The average molecular weight is 885 g/mol. The van der Waals surface area contributed by atoms with Gasteiger partial charge in [0.2, 0.25) is 0 Å². The molecule has 318 valence electrons. The van der Waals surface area contributed by atoms with Gasteiger partial charge in [-0.2, -0.15) is 0 Å². The number of benzene rings is 6. The number of hydrogen-bond donors (Lipinski definition) is 3. The number of carbonyl (C=O) groups is 2. The second kappa shape index (κ2) is 16.9. The van der Waals surface area contributed by atoms with Gasteiger partial charge in [-0.1, -0.05) is 114 Å². The highest BCUT2D eigenvalue weighted by Crippen LogP contribution is 2.48. The van der Waals surface area contributed by atoms with Gasteiger partial charge in [-0.05, 0) is 112 Å². The molecule has 9 aromatic rings. The second-order valence-electron chi connectivity index (χ2n) is 16.6. The Labute approximate surface area is 385 Å². The van der Waals surface area contributed by atoms with E-state index in [9.17, 15) is 9.59 Å². The Morgan fingerprint density at radius 2 is 1.09 bits per heavy atom. The van der Waals surface area contributed by atoms with Crippen LogP contribution in [0.2, 0.25) is 0 Å². The van der Waals surface area contributed by atoms with Gasteiger partial charge in [0.1, 0.15) is 21.7 Å². The van der Waals surface area contributed by atoms with E-state index in [2.05, 4.69) is 71.9 Å². The molecule has 0 radical (unpaired) electrons. The number of allylic oxidation sites excluding steroid dienone is 1. The van der Waals surface area contributed by atoms with Crippen molar-refractivity contribution in [1.82, 2.24) is 20.3 Å². The minimum Gasteiger partial charge on any atom is -0.341 e. The van der Waals surface area contributed by atoms with Crippen LogP contribution >= 0.6 is 22.7 Å². The molecule has 6 aromatic carbocycles. The highest BCUT2D eigenvalue weighted by atomic mass is 32.1. The van der Waals surface area contributed by atoms with E-state index in [0.29, 0.717) is 34.2 Å². The van der Waals surface area contributed by atoms with Crippen molar-refractivity contribution in [2.75, 3.05) is 5.32 Å². The number of amides is 2. The van der Waals surface area contributed by atoms with Gasteiger partial charge in [0.05, 0.1) is 43.0 Å². The first-order chi connectivity index (χ1) is 31.5. The van der Waals surface area contributed by atoms with E-state index in [-0.39, 0.29) is 11.8 Å². The first-order valence-corrected chi connectivity index (χ1v) is 23.1. The standard InChI is InChI=1S/C55H44N6O2S2/c1-30-20-23-37(33(4)26-30)47-43(57-51(61-53(63)39-25-22-32(3)28-35(39)6)49(47)55-59-41-17-11-13-19-45(41)65-55)29-42-46(36-14-8-7-9-15-36)48(54-58-40-16-10-12-18-44(40)64-54)50(56-42)60-52(62)38-24-21-31(2)27-34(38)5/h7-29,57H,1-6H3,(H,61,63)(H,56,60,62). The fraction of sp³-hybridized carbons (Fsp3) is 0.109. The third kappa shape index (κ3) is 7.92. The van der Waals surface area contributed by atoms with Crippen molar-refractivity contribution >= 4 is 83.8 Å². The molecule has 0 spiro atoms. The van der Waals surface area contributed by atoms with Crippen LogP contribution in [0, 0.1) is 41.5 Å². The maximum absolute atomic E-state index is 14.4. The number of carbonyl (C=O) groups excluding carboxylic acids is 2. The van der Waals surface area contributed by atoms with Crippen LogP contribution in [0.4, 0.5) is 5.82 Å². The molecule has 3 N–H and O–H groups in total. The normalized spacial score (nSPS) is 13.3. The smallest absolute Gasteiger partial charge is 0.257 e. The summed E-state index contributed by atoms with van der Waals surface area (Å²) < 4.78 is 2.05. The van der Waals surface area contributed by atoms with Gasteiger partial charge in [-0.15, -0.1) is 22.7 Å². The monoisotopic (exact) mass is 884 g/mol. The Bertz CT molecular complexity index is 3430. The molecule has 65 heavy (non-hydrogen) atoms. The van der Waals surface area contributed by atoms with Crippen LogP contribution in [0.5, 0.6) is 0 Å². The summed E-state index contributed by atoms with van der Waals surface area (Å²) in [6.45, 7) is 12.1. The van der Waals surface area contributed by atoms with Crippen molar-refractivity contribution in [3.8, 4) is 21.7 Å². The molecule has 10 heteroatoms. The lowest BCUT2D eigenvalue weighted by Crippen LogP contribution is -2.31. The van der Waals surface area contributed by atoms with Crippen molar-refractivity contribution in [2.45, 2.75) is 41.5 Å². The number of hydrogen-bond acceptors (Lipinski definition) is 7. The zero-order valence-electron chi connectivity index (χ0n) is 36.8.